The molecule has 1 aliphatic heterocycles. The summed E-state index contributed by atoms with van der Waals surface area (Å²) >= 11 is 0. The number of hydrogen-bond acceptors (Lipinski definition) is 3. The van der Waals surface area contributed by atoms with E-state index in [4.69, 9.17) is 4.74 Å². The van der Waals surface area contributed by atoms with Gasteiger partial charge < -0.3 is 15.0 Å². The van der Waals surface area contributed by atoms with Crippen molar-refractivity contribution in [1.82, 2.24) is 0 Å². The molecular formula is C19H29N2O3+. The maximum atomic E-state index is 12.4. The zero-order chi connectivity index (χ0) is 17.7. The lowest BCUT2D eigenvalue weighted by Gasteiger charge is -2.28. The Labute approximate surface area is 144 Å². The first kappa shape index (κ1) is 18.5. The van der Waals surface area contributed by atoms with Crippen LogP contribution in [0.5, 0.6) is 0 Å². The van der Waals surface area contributed by atoms with Gasteiger partial charge in [0.05, 0.1) is 19.7 Å². The molecule has 0 saturated carbocycles. The highest BCUT2D eigenvalue weighted by Gasteiger charge is 2.30. The van der Waals surface area contributed by atoms with Gasteiger partial charge in [0.15, 0.2) is 6.54 Å². The number of hydrogen-bond donors (Lipinski definition) is 2. The van der Waals surface area contributed by atoms with Crippen LogP contribution in [0.2, 0.25) is 0 Å². The van der Waals surface area contributed by atoms with E-state index >= 15 is 0 Å². The highest BCUT2D eigenvalue weighted by Crippen LogP contribution is 2.21. The van der Waals surface area contributed by atoms with E-state index in [2.05, 4.69) is 24.4 Å². The van der Waals surface area contributed by atoms with Crippen LogP contribution in [-0.2, 0) is 14.3 Å². The molecule has 1 saturated heterocycles. The molecule has 2 atom stereocenters. The molecule has 5 heteroatoms. The van der Waals surface area contributed by atoms with Gasteiger partial charge in [-0.15, -0.1) is 0 Å². The predicted octanol–water partition coefficient (Wildman–Crippen LogP) is 1.41. The van der Waals surface area contributed by atoms with Crippen LogP contribution in [0.25, 0.3) is 0 Å². The van der Waals surface area contributed by atoms with Gasteiger partial charge in [0.2, 0.25) is 0 Å². The molecule has 1 amide bonds. The van der Waals surface area contributed by atoms with Gasteiger partial charge in [0.25, 0.3) is 5.91 Å². The van der Waals surface area contributed by atoms with Crippen molar-refractivity contribution in [2.75, 3.05) is 31.6 Å². The fourth-order valence-corrected chi connectivity index (χ4v) is 3.56. The number of esters is 1. The fraction of sp³-hybridized carbons (Fsp3) is 0.579. The van der Waals surface area contributed by atoms with Crippen LogP contribution in [-0.4, -0.2) is 38.1 Å². The third-order valence-electron chi connectivity index (χ3n) is 4.59. The summed E-state index contributed by atoms with van der Waals surface area (Å²) in [7, 11) is 0. The van der Waals surface area contributed by atoms with E-state index in [1.165, 1.54) is 5.56 Å². The van der Waals surface area contributed by atoms with Gasteiger partial charge in [-0.25, -0.2) is 0 Å². The maximum absolute atomic E-state index is 12.4. The van der Waals surface area contributed by atoms with Gasteiger partial charge in [-0.3, -0.25) is 9.59 Å². The smallest absolute Gasteiger partial charge is 0.314 e. The number of benzene rings is 1. The highest BCUT2D eigenvalue weighted by atomic mass is 16.5. The molecule has 1 aromatic carbocycles. The first-order valence-electron chi connectivity index (χ1n) is 8.78. The summed E-state index contributed by atoms with van der Waals surface area (Å²) in [6.45, 7) is 10.3. The summed E-state index contributed by atoms with van der Waals surface area (Å²) in [5.41, 5.74) is 4.27. The molecule has 1 fully saturated rings. The van der Waals surface area contributed by atoms with E-state index in [9.17, 15) is 9.59 Å². The first-order valence-corrected chi connectivity index (χ1v) is 8.78. The quantitative estimate of drug-likeness (QED) is 0.801. The Morgan fingerprint density at radius 1 is 1.25 bits per heavy atom. The molecule has 1 heterocycles. The zero-order valence-electron chi connectivity index (χ0n) is 15.2. The second-order valence-electron chi connectivity index (χ2n) is 6.79. The minimum absolute atomic E-state index is 0.00422. The van der Waals surface area contributed by atoms with E-state index < -0.39 is 0 Å². The number of quaternary nitrogens is 1. The Hall–Kier alpha value is -1.88. The monoisotopic (exact) mass is 333 g/mol. The summed E-state index contributed by atoms with van der Waals surface area (Å²) in [5.74, 6) is -0.200. The van der Waals surface area contributed by atoms with Crippen LogP contribution in [0.4, 0.5) is 5.69 Å². The minimum Gasteiger partial charge on any atom is -0.466 e. The van der Waals surface area contributed by atoms with Gasteiger partial charge >= 0.3 is 5.97 Å². The molecule has 5 nitrogen and oxygen atoms in total. The van der Waals surface area contributed by atoms with Crippen molar-refractivity contribution >= 4 is 17.6 Å². The van der Waals surface area contributed by atoms with Crippen LogP contribution < -0.4 is 10.2 Å². The van der Waals surface area contributed by atoms with E-state index in [1.807, 2.05) is 20.8 Å². The predicted molar refractivity (Wildman–Crippen MR) is 94.2 cm³/mol. The van der Waals surface area contributed by atoms with E-state index in [0.29, 0.717) is 19.7 Å². The van der Waals surface area contributed by atoms with Crippen molar-refractivity contribution in [3.8, 4) is 0 Å². The third-order valence-corrected chi connectivity index (χ3v) is 4.59. The molecule has 2 N–H and O–H groups in total. The summed E-state index contributed by atoms with van der Waals surface area (Å²) in [6, 6.07) is 4.15. The Balaban J connectivity index is 1.94. The van der Waals surface area contributed by atoms with Crippen LogP contribution in [0, 0.1) is 26.7 Å². The number of amides is 1. The zero-order valence-corrected chi connectivity index (χ0v) is 15.2. The SMILES string of the molecule is CCOC(=O)[C@@H]1CCC[NH+](CC(=O)Nc2c(C)cc(C)cc2C)C1. The molecule has 0 radical (unpaired) electrons. The van der Waals surface area contributed by atoms with Crippen molar-refractivity contribution in [3.05, 3.63) is 28.8 Å². The number of anilines is 1. The third kappa shape index (κ3) is 4.81. The molecule has 1 unspecified atom stereocenters. The summed E-state index contributed by atoms with van der Waals surface area (Å²) in [5, 5.41) is 3.05. The van der Waals surface area contributed by atoms with E-state index in [1.54, 1.807) is 0 Å². The van der Waals surface area contributed by atoms with Gasteiger partial charge in [-0.2, -0.15) is 0 Å². The van der Waals surface area contributed by atoms with Gasteiger partial charge in [0.1, 0.15) is 5.92 Å². The Kier molecular flexibility index (Phi) is 6.37. The largest absolute Gasteiger partial charge is 0.466 e. The van der Waals surface area contributed by atoms with Crippen LogP contribution >= 0.6 is 0 Å². The number of carbonyl (C=O) groups excluding carboxylic acids is 2. The average molecular weight is 333 g/mol. The molecule has 1 aliphatic rings. The standard InChI is InChI=1S/C19H28N2O3/c1-5-24-19(23)16-7-6-8-21(11-16)12-17(22)20-18-14(3)9-13(2)10-15(18)4/h9-10,16H,5-8,11-12H2,1-4H3,(H,20,22)/p+1/t16-/m1/s1. The van der Waals surface area contributed by atoms with Crippen LogP contribution in [0.15, 0.2) is 12.1 Å². The fourth-order valence-electron chi connectivity index (χ4n) is 3.56. The second-order valence-corrected chi connectivity index (χ2v) is 6.79. The number of likely N-dealkylation sites (tertiary alicyclic amines) is 1. The van der Waals surface area contributed by atoms with Gasteiger partial charge in [-0.05, 0) is 51.7 Å². The van der Waals surface area contributed by atoms with Crippen molar-refractivity contribution in [2.45, 2.75) is 40.5 Å². The molecule has 24 heavy (non-hydrogen) atoms. The number of nitrogens with one attached hydrogen (secondary N) is 2. The Morgan fingerprint density at radius 2 is 1.92 bits per heavy atom. The number of rotatable bonds is 5. The molecule has 2 rings (SSSR count). The molecule has 0 aromatic heterocycles. The number of ether oxygens (including phenoxy) is 1. The molecule has 0 aliphatic carbocycles. The molecule has 132 valence electrons. The maximum Gasteiger partial charge on any atom is 0.314 e. The number of aryl methyl sites for hydroxylation is 3. The average Bonchev–Trinajstić information content (AvgIpc) is 2.51. The summed E-state index contributed by atoms with van der Waals surface area (Å²) < 4.78 is 5.12. The molecule has 0 bridgehead atoms. The van der Waals surface area contributed by atoms with Crippen molar-refractivity contribution < 1.29 is 19.2 Å². The Morgan fingerprint density at radius 3 is 2.54 bits per heavy atom. The summed E-state index contributed by atoms with van der Waals surface area (Å²) in [4.78, 5) is 25.5. The lowest BCUT2D eigenvalue weighted by atomic mass is 9.98. The van der Waals surface area contributed by atoms with E-state index in [0.717, 1.165) is 41.1 Å². The first-order chi connectivity index (χ1) is 11.4. The van der Waals surface area contributed by atoms with Crippen molar-refractivity contribution in [3.63, 3.8) is 0 Å². The van der Waals surface area contributed by atoms with Crippen molar-refractivity contribution in [1.29, 1.82) is 0 Å². The lowest BCUT2D eigenvalue weighted by molar-refractivity contribution is -0.899. The van der Waals surface area contributed by atoms with Crippen LogP contribution in [0.3, 0.4) is 0 Å². The van der Waals surface area contributed by atoms with E-state index in [-0.39, 0.29) is 17.8 Å². The molecule has 0 spiro atoms. The second kappa shape index (κ2) is 8.29. The van der Waals surface area contributed by atoms with Crippen LogP contribution in [0.1, 0.15) is 36.5 Å². The number of piperidine rings is 1. The molecule has 1 aromatic rings. The minimum atomic E-state index is -0.125. The van der Waals surface area contributed by atoms with Gasteiger partial charge in [-0.1, -0.05) is 17.7 Å². The molecular weight excluding hydrogens is 304 g/mol. The summed E-state index contributed by atoms with van der Waals surface area (Å²) in [6.07, 6.45) is 1.81. The lowest BCUT2D eigenvalue weighted by Crippen LogP contribution is -3.14. The number of carbonyl (C=O) groups is 2. The van der Waals surface area contributed by atoms with Crippen molar-refractivity contribution in [2.24, 2.45) is 5.92 Å². The highest BCUT2D eigenvalue weighted by molar-refractivity contribution is 5.93. The Bertz CT molecular complexity index is 590. The normalized spacial score (nSPS) is 20.5. The van der Waals surface area contributed by atoms with Gasteiger partial charge in [0, 0.05) is 5.69 Å². The topological polar surface area (TPSA) is 59.8 Å².